The van der Waals surface area contributed by atoms with Gasteiger partial charge in [0, 0.05) is 6.07 Å². The van der Waals surface area contributed by atoms with Gasteiger partial charge in [0.05, 0.1) is 24.2 Å². The second kappa shape index (κ2) is 11.2. The monoisotopic (exact) mass is 548 g/mol. The molecule has 9 atom stereocenters. The Morgan fingerprint density at radius 2 is 1.56 bits per heavy atom. The van der Waals surface area contributed by atoms with Gasteiger partial charge in [-0.3, -0.25) is 4.79 Å². The molecule has 13 nitrogen and oxygen atoms in total. The van der Waals surface area contributed by atoms with Crippen LogP contribution in [-0.4, -0.2) is 104 Å². The normalized spacial score (nSPS) is 33.2. The van der Waals surface area contributed by atoms with Gasteiger partial charge in [-0.15, -0.1) is 0 Å². The SMILES string of the molecule is O=c1c(-c2ccc(O)cc2)coc2cc(OC3OC(COC4OCC(O)C(O)C4O)C(O)C(O)C3O)ccc12. The van der Waals surface area contributed by atoms with Crippen LogP contribution in [0.3, 0.4) is 0 Å². The molecule has 0 amide bonds. The molecule has 9 unspecified atom stereocenters. The number of rotatable bonds is 6. The Bertz CT molecular complexity index is 1340. The van der Waals surface area contributed by atoms with Crippen LogP contribution in [0.1, 0.15) is 0 Å². The minimum atomic E-state index is -1.69. The number of aromatic hydroxyl groups is 1. The van der Waals surface area contributed by atoms with Crippen LogP contribution in [-0.2, 0) is 14.2 Å². The van der Waals surface area contributed by atoms with Gasteiger partial charge in [0.1, 0.15) is 66.1 Å². The van der Waals surface area contributed by atoms with Gasteiger partial charge in [-0.05, 0) is 29.8 Å². The number of ether oxygens (including phenoxy) is 4. The Morgan fingerprint density at radius 1 is 0.846 bits per heavy atom. The lowest BCUT2D eigenvalue weighted by Gasteiger charge is -2.41. The number of aliphatic hydroxyl groups is 6. The number of hydrogen-bond acceptors (Lipinski definition) is 13. The third kappa shape index (κ3) is 5.49. The van der Waals surface area contributed by atoms with Crippen molar-refractivity contribution >= 4 is 11.0 Å². The predicted octanol–water partition coefficient (Wildman–Crippen LogP) is -1.19. The van der Waals surface area contributed by atoms with Crippen molar-refractivity contribution < 1.29 is 59.1 Å². The van der Waals surface area contributed by atoms with E-state index in [4.69, 9.17) is 23.4 Å². The molecule has 2 aromatic carbocycles. The zero-order valence-corrected chi connectivity index (χ0v) is 20.3. The van der Waals surface area contributed by atoms with Gasteiger partial charge in [0.2, 0.25) is 6.29 Å². The lowest BCUT2D eigenvalue weighted by atomic mass is 9.99. The van der Waals surface area contributed by atoms with Crippen LogP contribution in [0.15, 0.2) is 57.9 Å². The standard InChI is InChI=1S/C26H28O13/c27-12-3-1-11(2-4-12)15-8-35-17-7-13(5-6-14(17)19(15)29)38-26-24(34)22(32)21(31)18(39-26)10-37-25-23(33)20(30)16(28)9-36-25/h1-8,16,18,20-28,30-34H,9-10H2. The molecular formula is C26H28O13. The molecule has 5 rings (SSSR count). The van der Waals surface area contributed by atoms with Crippen LogP contribution in [0.2, 0.25) is 0 Å². The molecule has 0 bridgehead atoms. The Labute approximate surface area is 220 Å². The van der Waals surface area contributed by atoms with E-state index < -0.39 is 61.9 Å². The van der Waals surface area contributed by atoms with Crippen LogP contribution < -0.4 is 10.2 Å². The first kappa shape index (κ1) is 27.5. The lowest BCUT2D eigenvalue weighted by Crippen LogP contribution is -2.61. The molecule has 0 radical (unpaired) electrons. The molecule has 1 aromatic heterocycles. The fraction of sp³-hybridized carbons (Fsp3) is 0.423. The van der Waals surface area contributed by atoms with Gasteiger partial charge in [-0.2, -0.15) is 0 Å². The molecule has 13 heteroatoms. The van der Waals surface area contributed by atoms with Crippen molar-refractivity contribution in [2.24, 2.45) is 0 Å². The van der Waals surface area contributed by atoms with Crippen molar-refractivity contribution in [1.82, 2.24) is 0 Å². The van der Waals surface area contributed by atoms with Gasteiger partial charge < -0.3 is 59.1 Å². The minimum absolute atomic E-state index is 0.0582. The molecule has 210 valence electrons. The van der Waals surface area contributed by atoms with E-state index in [0.717, 1.165) is 0 Å². The van der Waals surface area contributed by atoms with Crippen LogP contribution in [0.4, 0.5) is 0 Å². The second-order valence-electron chi connectivity index (χ2n) is 9.40. The average Bonchev–Trinajstić information content (AvgIpc) is 2.93. The van der Waals surface area contributed by atoms with Crippen LogP contribution in [0, 0.1) is 0 Å². The van der Waals surface area contributed by atoms with E-state index in [1.165, 1.54) is 36.6 Å². The Kier molecular flexibility index (Phi) is 7.87. The summed E-state index contributed by atoms with van der Waals surface area (Å²) in [6.45, 7) is -0.722. The number of hydrogen-bond donors (Lipinski definition) is 7. The minimum Gasteiger partial charge on any atom is -0.508 e. The molecule has 7 N–H and O–H groups in total. The third-order valence-electron chi connectivity index (χ3n) is 6.72. The summed E-state index contributed by atoms with van der Waals surface area (Å²) in [5, 5.41) is 70.2. The molecule has 3 heterocycles. The molecule has 0 spiro atoms. The fourth-order valence-corrected chi connectivity index (χ4v) is 4.42. The van der Waals surface area contributed by atoms with Crippen molar-refractivity contribution in [3.05, 3.63) is 59.0 Å². The maximum absolute atomic E-state index is 13.0. The molecule has 3 aromatic rings. The molecule has 2 aliphatic heterocycles. The first-order valence-corrected chi connectivity index (χ1v) is 12.1. The largest absolute Gasteiger partial charge is 0.508 e. The van der Waals surface area contributed by atoms with Crippen molar-refractivity contribution in [1.29, 1.82) is 0 Å². The van der Waals surface area contributed by atoms with E-state index in [-0.39, 0.29) is 40.1 Å². The maximum atomic E-state index is 13.0. The van der Waals surface area contributed by atoms with Gasteiger partial charge in [-0.25, -0.2) is 0 Å². The zero-order valence-electron chi connectivity index (χ0n) is 20.3. The second-order valence-corrected chi connectivity index (χ2v) is 9.40. The molecular weight excluding hydrogens is 520 g/mol. The van der Waals surface area contributed by atoms with Gasteiger partial charge in [0.15, 0.2) is 11.7 Å². The number of fused-ring (bicyclic) bond motifs is 1. The van der Waals surface area contributed by atoms with Crippen LogP contribution >= 0.6 is 0 Å². The van der Waals surface area contributed by atoms with E-state index >= 15 is 0 Å². The third-order valence-corrected chi connectivity index (χ3v) is 6.72. The molecule has 0 aliphatic carbocycles. The van der Waals surface area contributed by atoms with E-state index in [2.05, 4.69) is 0 Å². The first-order chi connectivity index (χ1) is 18.6. The lowest BCUT2D eigenvalue weighted by molar-refractivity contribution is -0.307. The van der Waals surface area contributed by atoms with Crippen molar-refractivity contribution in [2.75, 3.05) is 13.2 Å². The fourth-order valence-electron chi connectivity index (χ4n) is 4.42. The maximum Gasteiger partial charge on any atom is 0.229 e. The summed E-state index contributed by atoms with van der Waals surface area (Å²) >= 11 is 0. The highest BCUT2D eigenvalue weighted by molar-refractivity contribution is 5.82. The molecule has 2 saturated heterocycles. The van der Waals surface area contributed by atoms with Gasteiger partial charge in [0.25, 0.3) is 0 Å². The van der Waals surface area contributed by atoms with Crippen LogP contribution in [0.5, 0.6) is 11.5 Å². The number of benzene rings is 2. The highest BCUT2D eigenvalue weighted by Gasteiger charge is 2.46. The van der Waals surface area contributed by atoms with E-state index in [1.807, 2.05) is 0 Å². The van der Waals surface area contributed by atoms with E-state index in [0.29, 0.717) is 5.56 Å². The molecule has 2 aliphatic rings. The predicted molar refractivity (Wildman–Crippen MR) is 131 cm³/mol. The number of aliphatic hydroxyl groups excluding tert-OH is 6. The van der Waals surface area contributed by atoms with Crippen molar-refractivity contribution in [3.8, 4) is 22.6 Å². The highest BCUT2D eigenvalue weighted by Crippen LogP contribution is 2.28. The summed E-state index contributed by atoms with van der Waals surface area (Å²) in [6.07, 6.45) is -12.1. The highest BCUT2D eigenvalue weighted by atomic mass is 16.7. The van der Waals surface area contributed by atoms with Crippen molar-refractivity contribution in [3.63, 3.8) is 0 Å². The van der Waals surface area contributed by atoms with Gasteiger partial charge in [-0.1, -0.05) is 12.1 Å². The number of phenols is 1. The quantitative estimate of drug-likeness (QED) is 0.193. The Morgan fingerprint density at radius 3 is 2.31 bits per heavy atom. The van der Waals surface area contributed by atoms with E-state index in [9.17, 15) is 40.5 Å². The Hall–Kier alpha value is -3.11. The molecule has 39 heavy (non-hydrogen) atoms. The summed E-state index contributed by atoms with van der Waals surface area (Å²) in [6, 6.07) is 10.4. The average molecular weight is 548 g/mol. The number of phenolic OH excluding ortho intramolecular Hbond substituents is 1. The topological polar surface area (TPSA) is 209 Å². The first-order valence-electron chi connectivity index (χ1n) is 12.1. The summed E-state index contributed by atoms with van der Waals surface area (Å²) in [4.78, 5) is 13.0. The van der Waals surface area contributed by atoms with Crippen LogP contribution in [0.25, 0.3) is 22.1 Å². The summed E-state index contributed by atoms with van der Waals surface area (Å²) in [5.74, 6) is 0.182. The molecule has 2 fully saturated rings. The summed E-state index contributed by atoms with van der Waals surface area (Å²) in [7, 11) is 0. The molecule has 0 saturated carbocycles. The zero-order chi connectivity index (χ0) is 27.8. The summed E-state index contributed by atoms with van der Waals surface area (Å²) in [5.41, 5.74) is 0.703. The Balaban J connectivity index is 1.29. The van der Waals surface area contributed by atoms with E-state index in [1.54, 1.807) is 12.1 Å². The smallest absolute Gasteiger partial charge is 0.229 e. The van der Waals surface area contributed by atoms with Gasteiger partial charge >= 0.3 is 0 Å². The summed E-state index contributed by atoms with van der Waals surface area (Å²) < 4.78 is 27.5. The van der Waals surface area contributed by atoms with Crippen molar-refractivity contribution in [2.45, 2.75) is 55.3 Å².